The summed E-state index contributed by atoms with van der Waals surface area (Å²) < 4.78 is 17.6. The van der Waals surface area contributed by atoms with Crippen LogP contribution >= 0.6 is 0 Å². The number of ether oxygens (including phenoxy) is 3. The molecule has 0 saturated heterocycles. The Bertz CT molecular complexity index is 546. The Morgan fingerprint density at radius 2 is 1.68 bits per heavy atom. The van der Waals surface area contributed by atoms with E-state index >= 15 is 0 Å². The predicted molar refractivity (Wildman–Crippen MR) is 101 cm³/mol. The molecule has 4 heteroatoms. The van der Waals surface area contributed by atoms with Crippen LogP contribution in [-0.2, 0) is 14.3 Å². The summed E-state index contributed by atoms with van der Waals surface area (Å²) in [5, 5.41) is 0. The Balaban J connectivity index is 2.84. The third-order valence-corrected chi connectivity index (χ3v) is 4.75. The second kappa shape index (κ2) is 9.04. The molecule has 0 aliphatic rings. The van der Waals surface area contributed by atoms with Crippen molar-refractivity contribution in [2.45, 2.75) is 52.7 Å². The molecule has 0 spiro atoms. The SMILES string of the molecule is C=CC(=O)OC(C)(C)C(COc1ccccc1)COC(C)(C)C(C)C. The molecule has 4 nitrogen and oxygen atoms in total. The number of carbonyl (C=O) groups is 1. The van der Waals surface area contributed by atoms with Crippen LogP contribution in [0.4, 0.5) is 0 Å². The van der Waals surface area contributed by atoms with Crippen LogP contribution in [0, 0.1) is 11.8 Å². The first kappa shape index (κ1) is 21.2. The van der Waals surface area contributed by atoms with Crippen molar-refractivity contribution in [3.63, 3.8) is 0 Å². The molecule has 0 N–H and O–H groups in total. The fourth-order valence-corrected chi connectivity index (χ4v) is 2.03. The summed E-state index contributed by atoms with van der Waals surface area (Å²) in [7, 11) is 0. The maximum atomic E-state index is 11.7. The highest BCUT2D eigenvalue weighted by Crippen LogP contribution is 2.28. The van der Waals surface area contributed by atoms with E-state index in [4.69, 9.17) is 14.2 Å². The Hall–Kier alpha value is -1.81. The van der Waals surface area contributed by atoms with Gasteiger partial charge in [-0.15, -0.1) is 0 Å². The van der Waals surface area contributed by atoms with Crippen LogP contribution in [0.2, 0.25) is 0 Å². The van der Waals surface area contributed by atoms with Crippen molar-refractivity contribution in [2.24, 2.45) is 11.8 Å². The Morgan fingerprint density at radius 3 is 2.20 bits per heavy atom. The van der Waals surface area contributed by atoms with Crippen molar-refractivity contribution in [2.75, 3.05) is 13.2 Å². The van der Waals surface area contributed by atoms with Gasteiger partial charge in [-0.25, -0.2) is 4.79 Å². The summed E-state index contributed by atoms with van der Waals surface area (Å²) in [6.07, 6.45) is 1.18. The van der Waals surface area contributed by atoms with Gasteiger partial charge in [-0.05, 0) is 45.7 Å². The van der Waals surface area contributed by atoms with Crippen LogP contribution in [-0.4, -0.2) is 30.4 Å². The molecule has 0 amide bonds. The van der Waals surface area contributed by atoms with Crippen LogP contribution in [0.15, 0.2) is 43.0 Å². The Labute approximate surface area is 152 Å². The first-order valence-corrected chi connectivity index (χ1v) is 8.75. The summed E-state index contributed by atoms with van der Waals surface area (Å²) in [6, 6.07) is 9.59. The van der Waals surface area contributed by atoms with Gasteiger partial charge in [-0.1, -0.05) is 38.6 Å². The number of para-hydroxylation sites is 1. The average Bonchev–Trinajstić information content (AvgIpc) is 2.54. The minimum atomic E-state index is -0.743. The fourth-order valence-electron chi connectivity index (χ4n) is 2.03. The molecular formula is C21H32O4. The van der Waals surface area contributed by atoms with Crippen molar-refractivity contribution in [3.05, 3.63) is 43.0 Å². The van der Waals surface area contributed by atoms with Gasteiger partial charge in [0.25, 0.3) is 0 Å². The predicted octanol–water partition coefficient (Wildman–Crippen LogP) is 4.64. The molecule has 0 saturated carbocycles. The number of rotatable bonds is 10. The largest absolute Gasteiger partial charge is 0.493 e. The number of benzene rings is 1. The summed E-state index contributed by atoms with van der Waals surface area (Å²) in [4.78, 5) is 11.7. The molecule has 0 bridgehead atoms. The molecule has 1 aromatic rings. The summed E-state index contributed by atoms with van der Waals surface area (Å²) >= 11 is 0. The van der Waals surface area contributed by atoms with E-state index in [0.29, 0.717) is 19.1 Å². The van der Waals surface area contributed by atoms with Crippen LogP contribution in [0.25, 0.3) is 0 Å². The van der Waals surface area contributed by atoms with Gasteiger partial charge in [-0.2, -0.15) is 0 Å². The lowest BCUT2D eigenvalue weighted by Crippen LogP contribution is -2.44. The second-order valence-electron chi connectivity index (χ2n) is 7.62. The third-order valence-electron chi connectivity index (χ3n) is 4.75. The molecule has 0 radical (unpaired) electrons. The molecule has 0 aliphatic carbocycles. The van der Waals surface area contributed by atoms with E-state index in [-0.39, 0.29) is 11.5 Å². The zero-order chi connectivity index (χ0) is 19.1. The molecule has 1 atom stereocenters. The minimum absolute atomic E-state index is 0.130. The highest BCUT2D eigenvalue weighted by atomic mass is 16.6. The molecular weight excluding hydrogens is 316 g/mol. The van der Waals surface area contributed by atoms with E-state index in [9.17, 15) is 4.79 Å². The van der Waals surface area contributed by atoms with Crippen molar-refractivity contribution in [1.82, 2.24) is 0 Å². The minimum Gasteiger partial charge on any atom is -0.493 e. The van der Waals surface area contributed by atoms with Crippen molar-refractivity contribution >= 4 is 5.97 Å². The lowest BCUT2D eigenvalue weighted by molar-refractivity contribution is -0.164. The highest BCUT2D eigenvalue weighted by Gasteiger charge is 2.36. The molecule has 0 fully saturated rings. The summed E-state index contributed by atoms with van der Waals surface area (Å²) in [6.45, 7) is 16.4. The van der Waals surface area contributed by atoms with E-state index in [1.54, 1.807) is 0 Å². The van der Waals surface area contributed by atoms with Crippen molar-refractivity contribution < 1.29 is 19.0 Å². The van der Waals surface area contributed by atoms with Gasteiger partial charge >= 0.3 is 5.97 Å². The van der Waals surface area contributed by atoms with Gasteiger partial charge in [0.15, 0.2) is 0 Å². The smallest absolute Gasteiger partial charge is 0.330 e. The molecule has 25 heavy (non-hydrogen) atoms. The van der Waals surface area contributed by atoms with Gasteiger partial charge in [0, 0.05) is 6.08 Å². The quantitative estimate of drug-likeness (QED) is 0.456. The summed E-state index contributed by atoms with van der Waals surface area (Å²) in [5.74, 6) is 0.566. The van der Waals surface area contributed by atoms with Crippen LogP contribution in [0.1, 0.15) is 41.5 Å². The van der Waals surface area contributed by atoms with Crippen molar-refractivity contribution in [3.8, 4) is 5.75 Å². The highest BCUT2D eigenvalue weighted by molar-refractivity contribution is 5.81. The Morgan fingerprint density at radius 1 is 1.08 bits per heavy atom. The lowest BCUT2D eigenvalue weighted by Gasteiger charge is -2.37. The molecule has 0 aliphatic heterocycles. The van der Waals surface area contributed by atoms with Crippen molar-refractivity contribution in [1.29, 1.82) is 0 Å². The van der Waals surface area contributed by atoms with Gasteiger partial charge in [0.1, 0.15) is 11.4 Å². The van der Waals surface area contributed by atoms with Crippen LogP contribution in [0.3, 0.4) is 0 Å². The maximum Gasteiger partial charge on any atom is 0.330 e. The number of hydrogen-bond donors (Lipinski definition) is 0. The maximum absolute atomic E-state index is 11.7. The van der Waals surface area contributed by atoms with Gasteiger partial charge in [0.05, 0.1) is 24.7 Å². The van der Waals surface area contributed by atoms with Crippen LogP contribution < -0.4 is 4.74 Å². The lowest BCUT2D eigenvalue weighted by atomic mass is 9.90. The number of hydrogen-bond acceptors (Lipinski definition) is 4. The fraction of sp³-hybridized carbons (Fsp3) is 0.571. The average molecular weight is 348 g/mol. The summed E-state index contributed by atoms with van der Waals surface area (Å²) in [5.41, 5.74) is -1.02. The molecule has 0 aromatic heterocycles. The Kier molecular flexibility index (Phi) is 7.68. The van der Waals surface area contributed by atoms with E-state index < -0.39 is 11.6 Å². The molecule has 0 heterocycles. The first-order chi connectivity index (χ1) is 11.6. The first-order valence-electron chi connectivity index (χ1n) is 8.75. The number of carbonyl (C=O) groups excluding carboxylic acids is 1. The number of esters is 1. The van der Waals surface area contributed by atoms with E-state index in [2.05, 4.69) is 34.3 Å². The van der Waals surface area contributed by atoms with Gasteiger partial charge in [0.2, 0.25) is 0 Å². The zero-order valence-electron chi connectivity index (χ0n) is 16.4. The van der Waals surface area contributed by atoms with Crippen LogP contribution in [0.5, 0.6) is 5.75 Å². The van der Waals surface area contributed by atoms with E-state index in [0.717, 1.165) is 5.75 Å². The molecule has 1 rings (SSSR count). The molecule has 1 aromatic carbocycles. The van der Waals surface area contributed by atoms with Gasteiger partial charge in [-0.3, -0.25) is 0 Å². The standard InChI is InChI=1S/C21H32O4/c1-8-19(22)25-21(6,7)17(15-24-20(4,5)16(2)3)14-23-18-12-10-9-11-13-18/h8-13,16-17H,1,14-15H2,2-7H3. The topological polar surface area (TPSA) is 44.8 Å². The monoisotopic (exact) mass is 348 g/mol. The third kappa shape index (κ3) is 6.91. The molecule has 140 valence electrons. The molecule has 1 unspecified atom stereocenters. The normalized spacial score (nSPS) is 13.4. The van der Waals surface area contributed by atoms with E-state index in [1.165, 1.54) is 6.08 Å². The van der Waals surface area contributed by atoms with E-state index in [1.807, 2.05) is 44.2 Å². The second-order valence-corrected chi connectivity index (χ2v) is 7.62. The van der Waals surface area contributed by atoms with Gasteiger partial charge < -0.3 is 14.2 Å². The zero-order valence-corrected chi connectivity index (χ0v) is 16.4.